The maximum absolute atomic E-state index is 12.6. The van der Waals surface area contributed by atoms with Crippen molar-refractivity contribution >= 4 is 0 Å². The lowest BCUT2D eigenvalue weighted by Gasteiger charge is -2.22. The van der Waals surface area contributed by atoms with Crippen LogP contribution in [-0.2, 0) is 9.47 Å². The van der Waals surface area contributed by atoms with E-state index in [-0.39, 0.29) is 6.61 Å². The Morgan fingerprint density at radius 3 is 2.05 bits per heavy atom. The van der Waals surface area contributed by atoms with Gasteiger partial charge in [-0.3, -0.25) is 0 Å². The maximum atomic E-state index is 12.6. The van der Waals surface area contributed by atoms with Gasteiger partial charge < -0.3 is 9.47 Å². The van der Waals surface area contributed by atoms with E-state index in [0.717, 1.165) is 25.7 Å². The summed E-state index contributed by atoms with van der Waals surface area (Å²) < 4.78 is 81.2. The lowest BCUT2D eigenvalue weighted by atomic mass is 10.2. The van der Waals surface area contributed by atoms with Crippen LogP contribution in [0.15, 0.2) is 0 Å². The zero-order chi connectivity index (χ0) is 14.9. The summed E-state index contributed by atoms with van der Waals surface area (Å²) in [5.74, 6) is 0. The minimum atomic E-state index is -5.65. The first-order valence-corrected chi connectivity index (χ1v) is 6.02. The highest BCUT2D eigenvalue weighted by Gasteiger charge is 2.58. The van der Waals surface area contributed by atoms with E-state index in [9.17, 15) is 26.3 Å². The normalized spacial score (nSPS) is 14.7. The van der Waals surface area contributed by atoms with Crippen molar-refractivity contribution in [1.82, 2.24) is 0 Å². The van der Waals surface area contributed by atoms with Gasteiger partial charge >= 0.3 is 12.3 Å². The van der Waals surface area contributed by atoms with Gasteiger partial charge in [-0.25, -0.2) is 4.39 Å². The van der Waals surface area contributed by atoms with Gasteiger partial charge in [0.05, 0.1) is 13.2 Å². The summed E-state index contributed by atoms with van der Waals surface area (Å²) in [5, 5.41) is 0. The van der Waals surface area contributed by atoms with E-state index in [4.69, 9.17) is 4.74 Å². The van der Waals surface area contributed by atoms with Gasteiger partial charge in [-0.15, -0.1) is 0 Å². The summed E-state index contributed by atoms with van der Waals surface area (Å²) >= 11 is 0. The number of rotatable bonds is 10. The summed E-state index contributed by atoms with van der Waals surface area (Å²) in [7, 11) is 0. The SMILES string of the molecule is CCCCCCOCCOC(F)(F)C(F)C(F)(F)F. The van der Waals surface area contributed by atoms with Crippen molar-refractivity contribution in [2.75, 3.05) is 19.8 Å². The zero-order valence-corrected chi connectivity index (χ0v) is 10.6. The number of hydrogen-bond donors (Lipinski definition) is 0. The van der Waals surface area contributed by atoms with Gasteiger partial charge in [-0.05, 0) is 6.42 Å². The van der Waals surface area contributed by atoms with E-state index in [1.165, 1.54) is 0 Å². The average molecular weight is 296 g/mol. The van der Waals surface area contributed by atoms with Crippen LogP contribution in [-0.4, -0.2) is 38.3 Å². The second-order valence-electron chi connectivity index (χ2n) is 3.99. The quantitative estimate of drug-likeness (QED) is 0.446. The standard InChI is InChI=1S/C11H18F6O2/c1-2-3-4-5-6-18-7-8-19-11(16,17)9(12)10(13,14)15/h9H,2-8H2,1H3. The van der Waals surface area contributed by atoms with E-state index in [1.54, 1.807) is 0 Å². The highest BCUT2D eigenvalue weighted by atomic mass is 19.4. The van der Waals surface area contributed by atoms with E-state index in [1.807, 2.05) is 6.92 Å². The topological polar surface area (TPSA) is 18.5 Å². The first-order valence-electron chi connectivity index (χ1n) is 6.02. The smallest absolute Gasteiger partial charge is 0.379 e. The molecule has 2 nitrogen and oxygen atoms in total. The molecule has 116 valence electrons. The van der Waals surface area contributed by atoms with Crippen molar-refractivity contribution < 1.29 is 35.8 Å². The third-order valence-electron chi connectivity index (χ3n) is 2.25. The monoisotopic (exact) mass is 296 g/mol. The first kappa shape index (κ1) is 18.5. The fraction of sp³-hybridized carbons (Fsp3) is 1.00. The number of unbranched alkanes of at least 4 members (excludes halogenated alkanes) is 3. The zero-order valence-electron chi connectivity index (χ0n) is 10.6. The second kappa shape index (κ2) is 8.63. The van der Waals surface area contributed by atoms with E-state index < -0.39 is 25.1 Å². The highest BCUT2D eigenvalue weighted by molar-refractivity contribution is 4.75. The van der Waals surface area contributed by atoms with Gasteiger partial charge in [0.1, 0.15) is 0 Å². The van der Waals surface area contributed by atoms with E-state index >= 15 is 0 Å². The molecule has 1 unspecified atom stereocenters. The molecule has 19 heavy (non-hydrogen) atoms. The van der Waals surface area contributed by atoms with E-state index in [2.05, 4.69) is 4.74 Å². The molecule has 0 bridgehead atoms. The lowest BCUT2D eigenvalue weighted by molar-refractivity contribution is -0.337. The molecule has 0 aromatic carbocycles. The summed E-state index contributed by atoms with van der Waals surface area (Å²) in [4.78, 5) is 0. The van der Waals surface area contributed by atoms with Crippen LogP contribution in [0.5, 0.6) is 0 Å². The van der Waals surface area contributed by atoms with Crippen LogP contribution in [0.2, 0.25) is 0 Å². The Hall–Kier alpha value is -0.500. The molecule has 0 aliphatic rings. The third-order valence-corrected chi connectivity index (χ3v) is 2.25. The summed E-state index contributed by atoms with van der Waals surface area (Å²) in [6.45, 7) is 1.24. The predicted molar refractivity (Wildman–Crippen MR) is 56.8 cm³/mol. The Bertz CT molecular complexity index is 232. The molecule has 0 spiro atoms. The average Bonchev–Trinajstić information content (AvgIpc) is 2.30. The maximum Gasteiger partial charge on any atom is 0.428 e. The summed E-state index contributed by atoms with van der Waals surface area (Å²) in [5.41, 5.74) is 0. The summed E-state index contributed by atoms with van der Waals surface area (Å²) in [6, 6.07) is 0. The molecule has 0 heterocycles. The fourth-order valence-corrected chi connectivity index (χ4v) is 1.23. The van der Waals surface area contributed by atoms with Crippen molar-refractivity contribution in [1.29, 1.82) is 0 Å². The number of ether oxygens (including phenoxy) is 2. The van der Waals surface area contributed by atoms with Gasteiger partial charge in [0, 0.05) is 6.61 Å². The number of halogens is 6. The molecule has 0 saturated heterocycles. The minimum absolute atomic E-state index is 0.299. The van der Waals surface area contributed by atoms with Crippen LogP contribution in [0.3, 0.4) is 0 Å². The number of alkyl halides is 6. The van der Waals surface area contributed by atoms with Crippen LogP contribution >= 0.6 is 0 Å². The van der Waals surface area contributed by atoms with Crippen molar-refractivity contribution in [2.45, 2.75) is 51.1 Å². The molecule has 0 saturated carbocycles. The molecular formula is C11H18F6O2. The second-order valence-corrected chi connectivity index (χ2v) is 3.99. The molecule has 0 aromatic heterocycles. The van der Waals surface area contributed by atoms with Crippen LogP contribution in [0, 0.1) is 0 Å². The molecule has 0 fully saturated rings. The van der Waals surface area contributed by atoms with Gasteiger partial charge in [0.25, 0.3) is 6.17 Å². The molecule has 0 aromatic rings. The van der Waals surface area contributed by atoms with Crippen molar-refractivity contribution in [2.24, 2.45) is 0 Å². The van der Waals surface area contributed by atoms with E-state index in [0.29, 0.717) is 6.61 Å². The Labute approximate surface area is 108 Å². The molecule has 8 heteroatoms. The minimum Gasteiger partial charge on any atom is -0.379 e. The first-order chi connectivity index (χ1) is 8.72. The molecule has 0 amide bonds. The molecule has 0 radical (unpaired) electrons. The van der Waals surface area contributed by atoms with Crippen molar-refractivity contribution in [3.8, 4) is 0 Å². The largest absolute Gasteiger partial charge is 0.428 e. The summed E-state index contributed by atoms with van der Waals surface area (Å²) in [6.07, 6.45) is -11.1. The molecule has 0 aliphatic carbocycles. The molecule has 0 N–H and O–H groups in total. The van der Waals surface area contributed by atoms with Crippen LogP contribution in [0.25, 0.3) is 0 Å². The Morgan fingerprint density at radius 1 is 0.895 bits per heavy atom. The Balaban J connectivity index is 3.70. The van der Waals surface area contributed by atoms with Gasteiger partial charge in [0.15, 0.2) is 0 Å². The van der Waals surface area contributed by atoms with Gasteiger partial charge in [-0.2, -0.15) is 22.0 Å². The van der Waals surface area contributed by atoms with Gasteiger partial charge in [-0.1, -0.05) is 26.2 Å². The van der Waals surface area contributed by atoms with Crippen LogP contribution in [0.4, 0.5) is 26.3 Å². The molecule has 1 atom stereocenters. The van der Waals surface area contributed by atoms with Gasteiger partial charge in [0.2, 0.25) is 0 Å². The lowest BCUT2D eigenvalue weighted by Crippen LogP contribution is -2.44. The van der Waals surface area contributed by atoms with Crippen LogP contribution in [0.1, 0.15) is 32.6 Å². The highest BCUT2D eigenvalue weighted by Crippen LogP contribution is 2.35. The molecular weight excluding hydrogens is 278 g/mol. The van der Waals surface area contributed by atoms with Crippen LogP contribution < -0.4 is 0 Å². The van der Waals surface area contributed by atoms with Crippen molar-refractivity contribution in [3.63, 3.8) is 0 Å². The number of hydrogen-bond acceptors (Lipinski definition) is 2. The van der Waals surface area contributed by atoms with Crippen molar-refractivity contribution in [3.05, 3.63) is 0 Å². The molecule has 0 rings (SSSR count). The Morgan fingerprint density at radius 2 is 1.53 bits per heavy atom. The predicted octanol–water partition coefficient (Wildman–Crippen LogP) is 4.09. The fourth-order valence-electron chi connectivity index (χ4n) is 1.23. The molecule has 0 aliphatic heterocycles. The third kappa shape index (κ3) is 8.30. The Kier molecular flexibility index (Phi) is 8.40.